The maximum Gasteiger partial charge on any atom is 0.226 e. The predicted octanol–water partition coefficient (Wildman–Crippen LogP) is 4.67. The van der Waals surface area contributed by atoms with Crippen LogP contribution in [0, 0.1) is 5.92 Å². The summed E-state index contributed by atoms with van der Waals surface area (Å²) in [7, 11) is 1.65. The highest BCUT2D eigenvalue weighted by Gasteiger charge is 2.33. The molecule has 1 fully saturated rings. The molecule has 0 radical (unpaired) electrons. The number of hydrogen-bond donors (Lipinski definition) is 0. The van der Waals surface area contributed by atoms with Gasteiger partial charge in [-0.25, -0.2) is 0 Å². The Labute approximate surface area is 176 Å². The van der Waals surface area contributed by atoms with Crippen LogP contribution >= 0.6 is 11.6 Å². The van der Waals surface area contributed by atoms with Gasteiger partial charge in [0.1, 0.15) is 5.75 Å². The molecule has 1 atom stereocenters. The molecule has 0 aromatic heterocycles. The van der Waals surface area contributed by atoms with Crippen LogP contribution in [0.5, 0.6) is 5.75 Å². The van der Waals surface area contributed by atoms with E-state index >= 15 is 0 Å². The van der Waals surface area contributed by atoms with E-state index in [9.17, 15) is 4.79 Å². The molecule has 5 nitrogen and oxygen atoms in total. The summed E-state index contributed by atoms with van der Waals surface area (Å²) in [6.45, 7) is 1.05. The highest BCUT2D eigenvalue weighted by molar-refractivity contribution is 6.30. The van der Waals surface area contributed by atoms with Gasteiger partial charge in [0, 0.05) is 23.9 Å². The largest absolute Gasteiger partial charge is 0.497 e. The minimum Gasteiger partial charge on any atom is -0.497 e. The third-order valence-electron chi connectivity index (χ3n) is 5.61. The van der Waals surface area contributed by atoms with Crippen LogP contribution in [0.3, 0.4) is 0 Å². The zero-order valence-corrected chi connectivity index (χ0v) is 17.3. The van der Waals surface area contributed by atoms with Crippen molar-refractivity contribution in [1.82, 2.24) is 4.90 Å². The molecule has 0 spiro atoms. The van der Waals surface area contributed by atoms with Crippen molar-refractivity contribution in [3.63, 3.8) is 0 Å². The van der Waals surface area contributed by atoms with Gasteiger partial charge in [0.15, 0.2) is 6.10 Å². The molecule has 0 bridgehead atoms. The minimum absolute atomic E-state index is 0.137. The summed E-state index contributed by atoms with van der Waals surface area (Å²) in [4.78, 5) is 20.6. The molecule has 1 saturated carbocycles. The number of halogens is 1. The second kappa shape index (κ2) is 8.87. The Hall–Kier alpha value is -2.53. The van der Waals surface area contributed by atoms with E-state index in [4.69, 9.17) is 21.2 Å². The molecule has 1 aliphatic heterocycles. The SMILES string of the molecule is COc1ccc(C2=NO[C@@H](CN(Cc3cccc(Cl)c3)C(=O)C3CCC3)C2)cc1. The lowest BCUT2D eigenvalue weighted by molar-refractivity contribution is -0.140. The molecule has 2 aromatic rings. The van der Waals surface area contributed by atoms with E-state index in [0.29, 0.717) is 24.5 Å². The van der Waals surface area contributed by atoms with Crippen molar-refractivity contribution < 1.29 is 14.4 Å². The molecule has 1 heterocycles. The van der Waals surface area contributed by atoms with Crippen LogP contribution < -0.4 is 4.74 Å². The van der Waals surface area contributed by atoms with Gasteiger partial charge in [-0.2, -0.15) is 0 Å². The average molecular weight is 413 g/mol. The third kappa shape index (κ3) is 4.73. The van der Waals surface area contributed by atoms with Crippen LogP contribution in [-0.4, -0.2) is 36.3 Å². The molecule has 2 aromatic carbocycles. The van der Waals surface area contributed by atoms with Crippen LogP contribution in [0.2, 0.25) is 5.02 Å². The molecule has 1 amide bonds. The Bertz CT molecular complexity index is 893. The first-order chi connectivity index (χ1) is 14.1. The van der Waals surface area contributed by atoms with Crippen molar-refractivity contribution in [2.24, 2.45) is 11.1 Å². The summed E-state index contributed by atoms with van der Waals surface area (Å²) in [6.07, 6.45) is 3.62. The summed E-state index contributed by atoms with van der Waals surface area (Å²) in [5, 5.41) is 4.95. The maximum absolute atomic E-state index is 13.0. The fourth-order valence-corrected chi connectivity index (χ4v) is 3.94. The Kier molecular flexibility index (Phi) is 6.05. The normalized spacial score (nSPS) is 18.6. The van der Waals surface area contributed by atoms with E-state index in [1.54, 1.807) is 7.11 Å². The standard InChI is InChI=1S/C23H25ClN2O3/c1-28-20-10-8-17(9-11-20)22-13-21(29-25-22)15-26(23(27)18-5-3-6-18)14-16-4-2-7-19(24)12-16/h2,4,7-12,18,21H,3,5-6,13-15H2,1H3/t21-/m1/s1. The number of amides is 1. The van der Waals surface area contributed by atoms with Crippen molar-refractivity contribution in [2.45, 2.75) is 38.3 Å². The van der Waals surface area contributed by atoms with Crippen LogP contribution in [0.4, 0.5) is 0 Å². The highest BCUT2D eigenvalue weighted by atomic mass is 35.5. The molecule has 0 N–H and O–H groups in total. The van der Waals surface area contributed by atoms with Crippen LogP contribution in [-0.2, 0) is 16.2 Å². The number of carbonyl (C=O) groups excluding carboxylic acids is 1. The maximum atomic E-state index is 13.0. The Morgan fingerprint density at radius 1 is 1.24 bits per heavy atom. The van der Waals surface area contributed by atoms with Gasteiger partial charge in [0.2, 0.25) is 5.91 Å². The first-order valence-electron chi connectivity index (χ1n) is 10.0. The van der Waals surface area contributed by atoms with Gasteiger partial charge < -0.3 is 14.5 Å². The molecule has 1 aliphatic carbocycles. The summed E-state index contributed by atoms with van der Waals surface area (Å²) in [5.41, 5.74) is 2.94. The quantitative estimate of drug-likeness (QED) is 0.664. The lowest BCUT2D eigenvalue weighted by Crippen LogP contribution is -2.42. The summed E-state index contributed by atoms with van der Waals surface area (Å²) >= 11 is 6.13. The molecule has 6 heteroatoms. The van der Waals surface area contributed by atoms with E-state index in [2.05, 4.69) is 5.16 Å². The summed E-state index contributed by atoms with van der Waals surface area (Å²) in [5.74, 6) is 1.15. The van der Waals surface area contributed by atoms with Crippen LogP contribution in [0.25, 0.3) is 0 Å². The number of methoxy groups -OCH3 is 1. The minimum atomic E-state index is -0.143. The number of benzene rings is 2. The molecular formula is C23H25ClN2O3. The smallest absolute Gasteiger partial charge is 0.226 e. The van der Waals surface area contributed by atoms with E-state index in [0.717, 1.165) is 41.9 Å². The molecular weight excluding hydrogens is 388 g/mol. The number of ether oxygens (including phenoxy) is 1. The van der Waals surface area contributed by atoms with Crippen LogP contribution in [0.15, 0.2) is 53.7 Å². The molecule has 4 rings (SSSR count). The second-order valence-electron chi connectivity index (χ2n) is 7.67. The van der Waals surface area contributed by atoms with Gasteiger partial charge in [0.05, 0.1) is 19.4 Å². The Balaban J connectivity index is 1.42. The summed E-state index contributed by atoms with van der Waals surface area (Å²) in [6, 6.07) is 15.5. The lowest BCUT2D eigenvalue weighted by Gasteiger charge is -2.32. The monoisotopic (exact) mass is 412 g/mol. The number of oxime groups is 1. The first kappa shape index (κ1) is 19.8. The van der Waals surface area contributed by atoms with Gasteiger partial charge in [-0.15, -0.1) is 0 Å². The fraction of sp³-hybridized carbons (Fsp3) is 0.391. The average Bonchev–Trinajstić information content (AvgIpc) is 3.15. The lowest BCUT2D eigenvalue weighted by atomic mass is 9.84. The molecule has 0 saturated heterocycles. The van der Waals surface area contributed by atoms with E-state index in [1.807, 2.05) is 53.4 Å². The number of hydrogen-bond acceptors (Lipinski definition) is 4. The fourth-order valence-electron chi connectivity index (χ4n) is 3.73. The number of carbonyl (C=O) groups is 1. The van der Waals surface area contributed by atoms with Crippen LogP contribution in [0.1, 0.15) is 36.8 Å². The van der Waals surface area contributed by atoms with Gasteiger partial charge >= 0.3 is 0 Å². The molecule has 2 aliphatic rings. The zero-order chi connectivity index (χ0) is 20.2. The van der Waals surface area contributed by atoms with Crippen molar-refractivity contribution in [2.75, 3.05) is 13.7 Å². The van der Waals surface area contributed by atoms with Crippen molar-refractivity contribution in [1.29, 1.82) is 0 Å². The Morgan fingerprint density at radius 3 is 2.69 bits per heavy atom. The molecule has 152 valence electrons. The molecule has 0 unspecified atom stereocenters. The first-order valence-corrected chi connectivity index (χ1v) is 10.4. The summed E-state index contributed by atoms with van der Waals surface area (Å²) < 4.78 is 5.21. The van der Waals surface area contributed by atoms with Gasteiger partial charge in [0.25, 0.3) is 0 Å². The zero-order valence-electron chi connectivity index (χ0n) is 16.5. The number of nitrogens with zero attached hydrogens (tertiary/aromatic N) is 2. The van der Waals surface area contributed by atoms with E-state index in [-0.39, 0.29) is 17.9 Å². The van der Waals surface area contributed by atoms with Gasteiger partial charge in [-0.3, -0.25) is 4.79 Å². The van der Waals surface area contributed by atoms with Crippen molar-refractivity contribution in [3.8, 4) is 5.75 Å². The second-order valence-corrected chi connectivity index (χ2v) is 8.11. The predicted molar refractivity (Wildman–Crippen MR) is 113 cm³/mol. The topological polar surface area (TPSA) is 51.1 Å². The number of rotatable bonds is 7. The third-order valence-corrected chi connectivity index (χ3v) is 5.84. The van der Waals surface area contributed by atoms with Gasteiger partial charge in [-0.05, 0) is 60.4 Å². The Morgan fingerprint density at radius 2 is 2.03 bits per heavy atom. The van der Waals surface area contributed by atoms with Crippen molar-refractivity contribution >= 4 is 23.2 Å². The highest BCUT2D eigenvalue weighted by Crippen LogP contribution is 2.30. The molecule has 29 heavy (non-hydrogen) atoms. The van der Waals surface area contributed by atoms with Crippen molar-refractivity contribution in [3.05, 3.63) is 64.7 Å². The van der Waals surface area contributed by atoms with Gasteiger partial charge in [-0.1, -0.05) is 35.3 Å². The van der Waals surface area contributed by atoms with E-state index < -0.39 is 0 Å². The van der Waals surface area contributed by atoms with E-state index in [1.165, 1.54) is 0 Å².